The highest BCUT2D eigenvalue weighted by Crippen LogP contribution is 2.22. The third kappa shape index (κ3) is 3.53. The minimum absolute atomic E-state index is 0.0900. The van der Waals surface area contributed by atoms with Crippen molar-refractivity contribution < 1.29 is 23.1 Å². The Hall–Kier alpha value is -0.780. The van der Waals surface area contributed by atoms with Gasteiger partial charge in [0.15, 0.2) is 0 Å². The fourth-order valence-corrected chi connectivity index (χ4v) is 1.52. The second-order valence-electron chi connectivity index (χ2n) is 3.49. The molecule has 6 heteroatoms. The van der Waals surface area contributed by atoms with Crippen LogP contribution in [-0.4, -0.2) is 41.8 Å². The van der Waals surface area contributed by atoms with Crippen LogP contribution in [0.3, 0.4) is 0 Å². The highest BCUT2D eigenvalue weighted by Gasteiger charge is 2.32. The molecule has 1 aliphatic rings. The molecule has 0 amide bonds. The van der Waals surface area contributed by atoms with Crippen LogP contribution in [0.25, 0.3) is 0 Å². The number of carbonyl (C=O) groups is 1. The number of carboxylic acid groups (broad SMARTS) is 1. The summed E-state index contributed by atoms with van der Waals surface area (Å²) >= 11 is 0. The minimum atomic E-state index is -4.15. The molecule has 1 unspecified atom stereocenters. The van der Waals surface area contributed by atoms with Crippen LogP contribution in [0.1, 0.15) is 12.8 Å². The van der Waals surface area contributed by atoms with Gasteiger partial charge in [-0.1, -0.05) is 0 Å². The van der Waals surface area contributed by atoms with Gasteiger partial charge in [0.2, 0.25) is 0 Å². The standard InChI is InChI=1S/C8H12F3NO2/c9-8(10,11)2-4-12-3-1-6(5-12)7(13)14/h6H,1-5H2,(H,13,14). The topological polar surface area (TPSA) is 40.5 Å². The maximum Gasteiger partial charge on any atom is 0.390 e. The molecule has 0 aromatic carbocycles. The van der Waals surface area contributed by atoms with Crippen molar-refractivity contribution >= 4 is 5.97 Å². The molecule has 0 aliphatic carbocycles. The zero-order chi connectivity index (χ0) is 10.8. The van der Waals surface area contributed by atoms with Crippen LogP contribution in [0.15, 0.2) is 0 Å². The number of carboxylic acids is 1. The van der Waals surface area contributed by atoms with Crippen LogP contribution in [0.2, 0.25) is 0 Å². The summed E-state index contributed by atoms with van der Waals surface area (Å²) in [6.07, 6.45) is -4.56. The Labute approximate surface area is 79.5 Å². The van der Waals surface area contributed by atoms with E-state index in [4.69, 9.17) is 5.11 Å². The molecule has 3 nitrogen and oxygen atoms in total. The number of alkyl halides is 3. The van der Waals surface area contributed by atoms with E-state index < -0.39 is 24.5 Å². The molecular formula is C8H12F3NO2. The fourth-order valence-electron chi connectivity index (χ4n) is 1.52. The molecule has 0 radical (unpaired) electrons. The second kappa shape index (κ2) is 4.16. The molecule has 1 saturated heterocycles. The van der Waals surface area contributed by atoms with Gasteiger partial charge in [-0.15, -0.1) is 0 Å². The van der Waals surface area contributed by atoms with Gasteiger partial charge in [-0.3, -0.25) is 4.79 Å². The number of likely N-dealkylation sites (tertiary alicyclic amines) is 1. The van der Waals surface area contributed by atoms with E-state index in [1.165, 1.54) is 0 Å². The van der Waals surface area contributed by atoms with Gasteiger partial charge >= 0.3 is 12.1 Å². The fraction of sp³-hybridized carbons (Fsp3) is 0.875. The molecule has 1 rings (SSSR count). The van der Waals surface area contributed by atoms with Crippen LogP contribution in [0, 0.1) is 5.92 Å². The van der Waals surface area contributed by atoms with Gasteiger partial charge in [0.1, 0.15) is 0 Å². The van der Waals surface area contributed by atoms with Crippen molar-refractivity contribution in [3.8, 4) is 0 Å². The summed E-state index contributed by atoms with van der Waals surface area (Å²) in [5.74, 6) is -1.41. The van der Waals surface area contributed by atoms with Crippen LogP contribution >= 0.6 is 0 Å². The molecular weight excluding hydrogens is 199 g/mol. The number of nitrogens with zero attached hydrogens (tertiary/aromatic N) is 1. The van der Waals surface area contributed by atoms with E-state index in [0.717, 1.165) is 0 Å². The number of aliphatic carboxylic acids is 1. The van der Waals surface area contributed by atoms with E-state index in [-0.39, 0.29) is 13.1 Å². The summed E-state index contributed by atoms with van der Waals surface area (Å²) in [4.78, 5) is 12.0. The van der Waals surface area contributed by atoms with Gasteiger partial charge in [-0.2, -0.15) is 13.2 Å². The Morgan fingerprint density at radius 1 is 1.50 bits per heavy atom. The Morgan fingerprint density at radius 3 is 2.57 bits per heavy atom. The van der Waals surface area contributed by atoms with Crippen LogP contribution in [0.4, 0.5) is 13.2 Å². The van der Waals surface area contributed by atoms with Crippen LogP contribution in [0.5, 0.6) is 0 Å². The molecule has 14 heavy (non-hydrogen) atoms. The summed E-state index contributed by atoms with van der Waals surface area (Å²) in [7, 11) is 0. The molecule has 0 aromatic heterocycles. The first-order valence-electron chi connectivity index (χ1n) is 4.40. The summed E-state index contributed by atoms with van der Waals surface area (Å²) in [6, 6.07) is 0. The lowest BCUT2D eigenvalue weighted by Crippen LogP contribution is -2.27. The number of hydrogen-bond donors (Lipinski definition) is 1. The third-order valence-corrected chi connectivity index (χ3v) is 2.33. The van der Waals surface area contributed by atoms with Crippen molar-refractivity contribution in [2.24, 2.45) is 5.92 Å². The molecule has 0 saturated carbocycles. The molecule has 1 N–H and O–H groups in total. The smallest absolute Gasteiger partial charge is 0.390 e. The quantitative estimate of drug-likeness (QED) is 0.765. The summed E-state index contributed by atoms with van der Waals surface area (Å²) in [5, 5.41) is 8.61. The van der Waals surface area contributed by atoms with Gasteiger partial charge < -0.3 is 10.0 Å². The van der Waals surface area contributed by atoms with Crippen molar-refractivity contribution in [3.05, 3.63) is 0 Å². The largest absolute Gasteiger partial charge is 0.481 e. The number of hydrogen-bond acceptors (Lipinski definition) is 2. The Bertz CT molecular complexity index is 217. The molecule has 0 aromatic rings. The zero-order valence-corrected chi connectivity index (χ0v) is 7.55. The lowest BCUT2D eigenvalue weighted by molar-refractivity contribution is -0.141. The first kappa shape index (κ1) is 11.3. The molecule has 1 aliphatic heterocycles. The van der Waals surface area contributed by atoms with Crippen molar-refractivity contribution in [2.45, 2.75) is 19.0 Å². The van der Waals surface area contributed by atoms with E-state index in [2.05, 4.69) is 0 Å². The van der Waals surface area contributed by atoms with E-state index in [1.807, 2.05) is 0 Å². The molecule has 1 heterocycles. The monoisotopic (exact) mass is 211 g/mol. The van der Waals surface area contributed by atoms with Gasteiger partial charge in [-0.05, 0) is 13.0 Å². The first-order chi connectivity index (χ1) is 6.38. The molecule has 1 atom stereocenters. The van der Waals surface area contributed by atoms with Crippen molar-refractivity contribution in [1.82, 2.24) is 4.90 Å². The van der Waals surface area contributed by atoms with Gasteiger partial charge in [-0.25, -0.2) is 0 Å². The molecule has 0 bridgehead atoms. The minimum Gasteiger partial charge on any atom is -0.481 e. The van der Waals surface area contributed by atoms with E-state index in [1.54, 1.807) is 4.90 Å². The maximum absolute atomic E-state index is 11.8. The third-order valence-electron chi connectivity index (χ3n) is 2.33. The van der Waals surface area contributed by atoms with Gasteiger partial charge in [0.25, 0.3) is 0 Å². The second-order valence-corrected chi connectivity index (χ2v) is 3.49. The van der Waals surface area contributed by atoms with E-state index in [9.17, 15) is 18.0 Å². The summed E-state index contributed by atoms with van der Waals surface area (Å²) in [5.41, 5.74) is 0. The van der Waals surface area contributed by atoms with Gasteiger partial charge in [0.05, 0.1) is 12.3 Å². The summed E-state index contributed by atoms with van der Waals surface area (Å²) in [6.45, 7) is 0.603. The highest BCUT2D eigenvalue weighted by molar-refractivity contribution is 5.70. The SMILES string of the molecule is O=C(O)C1CCN(CCC(F)(F)F)C1. The number of halogens is 3. The maximum atomic E-state index is 11.8. The lowest BCUT2D eigenvalue weighted by Gasteiger charge is -2.15. The predicted octanol–water partition coefficient (Wildman–Crippen LogP) is 1.35. The van der Waals surface area contributed by atoms with Crippen LogP contribution in [-0.2, 0) is 4.79 Å². The number of rotatable bonds is 3. The lowest BCUT2D eigenvalue weighted by atomic mass is 10.1. The Balaban J connectivity index is 2.26. The molecule has 0 spiro atoms. The predicted molar refractivity (Wildman–Crippen MR) is 42.9 cm³/mol. The van der Waals surface area contributed by atoms with Crippen molar-refractivity contribution in [2.75, 3.05) is 19.6 Å². The molecule has 1 fully saturated rings. The first-order valence-corrected chi connectivity index (χ1v) is 4.40. The Morgan fingerprint density at radius 2 is 2.14 bits per heavy atom. The van der Waals surface area contributed by atoms with Gasteiger partial charge in [0, 0.05) is 13.1 Å². The van der Waals surface area contributed by atoms with Crippen molar-refractivity contribution in [1.29, 1.82) is 0 Å². The average Bonchev–Trinajstić information content (AvgIpc) is 2.47. The van der Waals surface area contributed by atoms with Crippen LogP contribution < -0.4 is 0 Å². The zero-order valence-electron chi connectivity index (χ0n) is 7.55. The van der Waals surface area contributed by atoms with E-state index >= 15 is 0 Å². The van der Waals surface area contributed by atoms with Crippen molar-refractivity contribution in [3.63, 3.8) is 0 Å². The molecule has 82 valence electrons. The van der Waals surface area contributed by atoms with E-state index in [0.29, 0.717) is 13.0 Å². The average molecular weight is 211 g/mol. The summed E-state index contributed by atoms with van der Waals surface area (Å²) < 4.78 is 35.5. The Kier molecular flexibility index (Phi) is 3.36. The normalized spacial score (nSPS) is 24.1. The highest BCUT2D eigenvalue weighted by atomic mass is 19.4.